The third-order valence-corrected chi connectivity index (χ3v) is 3.33. The van der Waals surface area contributed by atoms with Gasteiger partial charge >= 0.3 is 12.3 Å². The van der Waals surface area contributed by atoms with Crippen LogP contribution in [-0.4, -0.2) is 35.9 Å². The lowest BCUT2D eigenvalue weighted by molar-refractivity contribution is -0.274. The van der Waals surface area contributed by atoms with E-state index in [9.17, 15) is 22.8 Å². The van der Waals surface area contributed by atoms with Gasteiger partial charge in [0.15, 0.2) is 0 Å². The molecule has 0 aliphatic carbocycles. The molecule has 2 atom stereocenters. The van der Waals surface area contributed by atoms with Gasteiger partial charge in [-0.2, -0.15) is 0 Å². The van der Waals surface area contributed by atoms with Crippen LogP contribution in [0.5, 0.6) is 5.75 Å². The molecular formula is C15H19F3N2O4. The van der Waals surface area contributed by atoms with Gasteiger partial charge in [0.05, 0.1) is 6.54 Å². The number of ether oxygens (including phenoxy) is 1. The van der Waals surface area contributed by atoms with Gasteiger partial charge in [0, 0.05) is 5.69 Å². The van der Waals surface area contributed by atoms with Crippen LogP contribution in [0.25, 0.3) is 0 Å². The molecule has 1 rings (SSSR count). The Labute approximate surface area is 137 Å². The van der Waals surface area contributed by atoms with E-state index in [0.29, 0.717) is 6.42 Å². The number of nitrogens with one attached hydrogen (secondary N) is 2. The predicted octanol–water partition coefficient (Wildman–Crippen LogP) is 2.61. The Bertz CT molecular complexity index is 561. The number of carboxylic acids is 1. The van der Waals surface area contributed by atoms with Crippen LogP contribution in [-0.2, 0) is 9.59 Å². The Morgan fingerprint density at radius 3 is 2.29 bits per heavy atom. The molecule has 1 amide bonds. The minimum Gasteiger partial charge on any atom is -0.480 e. The van der Waals surface area contributed by atoms with E-state index in [-0.39, 0.29) is 18.2 Å². The Morgan fingerprint density at radius 1 is 1.25 bits per heavy atom. The highest BCUT2D eigenvalue weighted by molar-refractivity contribution is 5.92. The van der Waals surface area contributed by atoms with Gasteiger partial charge in [0.1, 0.15) is 11.8 Å². The van der Waals surface area contributed by atoms with Gasteiger partial charge in [0.25, 0.3) is 0 Å². The third-order valence-electron chi connectivity index (χ3n) is 3.33. The quantitative estimate of drug-likeness (QED) is 0.672. The smallest absolute Gasteiger partial charge is 0.480 e. The van der Waals surface area contributed by atoms with E-state index in [2.05, 4.69) is 15.4 Å². The first kappa shape index (κ1) is 19.8. The van der Waals surface area contributed by atoms with Gasteiger partial charge in [-0.1, -0.05) is 20.3 Å². The molecule has 0 aromatic heterocycles. The Kier molecular flexibility index (Phi) is 7.02. The summed E-state index contributed by atoms with van der Waals surface area (Å²) in [5.41, 5.74) is 0.270. The summed E-state index contributed by atoms with van der Waals surface area (Å²) in [4.78, 5) is 22.9. The molecule has 0 fully saturated rings. The second kappa shape index (κ2) is 8.53. The molecule has 3 N–H and O–H groups in total. The van der Waals surface area contributed by atoms with E-state index >= 15 is 0 Å². The lowest BCUT2D eigenvalue weighted by Gasteiger charge is -2.19. The normalized spacial score (nSPS) is 13.9. The van der Waals surface area contributed by atoms with Crippen molar-refractivity contribution in [2.24, 2.45) is 5.92 Å². The number of hydrogen-bond donors (Lipinski definition) is 3. The monoisotopic (exact) mass is 348 g/mol. The zero-order valence-electron chi connectivity index (χ0n) is 13.2. The van der Waals surface area contributed by atoms with Crippen LogP contribution in [0.3, 0.4) is 0 Å². The molecule has 24 heavy (non-hydrogen) atoms. The minimum atomic E-state index is -4.78. The highest BCUT2D eigenvalue weighted by Crippen LogP contribution is 2.23. The van der Waals surface area contributed by atoms with Crippen molar-refractivity contribution in [1.29, 1.82) is 0 Å². The van der Waals surface area contributed by atoms with E-state index in [1.165, 1.54) is 12.1 Å². The average molecular weight is 348 g/mol. The molecule has 0 aliphatic rings. The number of rotatable bonds is 8. The van der Waals surface area contributed by atoms with Crippen molar-refractivity contribution in [2.45, 2.75) is 32.7 Å². The van der Waals surface area contributed by atoms with Gasteiger partial charge in [-0.3, -0.25) is 14.9 Å². The minimum absolute atomic E-state index is 0.158. The van der Waals surface area contributed by atoms with Crippen LogP contribution < -0.4 is 15.4 Å². The number of carboxylic acid groups (broad SMARTS) is 1. The van der Waals surface area contributed by atoms with Gasteiger partial charge in [-0.05, 0) is 30.2 Å². The number of hydrogen-bond acceptors (Lipinski definition) is 4. The summed E-state index contributed by atoms with van der Waals surface area (Å²) in [7, 11) is 0. The summed E-state index contributed by atoms with van der Waals surface area (Å²) >= 11 is 0. The van der Waals surface area contributed by atoms with Crippen LogP contribution in [0.1, 0.15) is 20.3 Å². The summed E-state index contributed by atoms with van der Waals surface area (Å²) in [6.07, 6.45) is -4.15. The van der Waals surface area contributed by atoms with Crippen molar-refractivity contribution in [1.82, 2.24) is 5.32 Å². The largest absolute Gasteiger partial charge is 0.573 e. The maximum atomic E-state index is 12.0. The molecule has 0 spiro atoms. The van der Waals surface area contributed by atoms with E-state index in [1.807, 2.05) is 6.92 Å². The molecule has 0 saturated heterocycles. The highest BCUT2D eigenvalue weighted by atomic mass is 19.4. The zero-order valence-corrected chi connectivity index (χ0v) is 13.2. The standard InChI is InChI=1S/C15H19F3N2O4/c1-3-9(2)13(14(22)23)19-8-12(21)20-10-4-6-11(7-5-10)24-15(16,17)18/h4-7,9,13,19H,3,8H2,1-2H3,(H,20,21)(H,22,23)/t9-,13-/m0/s1. The predicted molar refractivity (Wildman–Crippen MR) is 80.6 cm³/mol. The van der Waals surface area contributed by atoms with Gasteiger partial charge in [-0.15, -0.1) is 13.2 Å². The highest BCUT2D eigenvalue weighted by Gasteiger charge is 2.31. The van der Waals surface area contributed by atoms with E-state index < -0.39 is 30.0 Å². The first-order valence-corrected chi connectivity index (χ1v) is 7.24. The number of alkyl halides is 3. The fourth-order valence-electron chi connectivity index (χ4n) is 1.92. The van der Waals surface area contributed by atoms with Crippen molar-refractivity contribution < 1.29 is 32.6 Å². The molecule has 0 heterocycles. The number of amides is 1. The Morgan fingerprint density at radius 2 is 1.83 bits per heavy atom. The van der Waals surface area contributed by atoms with Crippen LogP contribution in [0.2, 0.25) is 0 Å². The number of benzene rings is 1. The number of halogens is 3. The number of carbonyl (C=O) groups is 2. The molecule has 0 unspecified atom stereocenters. The number of carbonyl (C=O) groups excluding carboxylic acids is 1. The molecule has 6 nitrogen and oxygen atoms in total. The summed E-state index contributed by atoms with van der Waals surface area (Å²) in [5, 5.41) is 14.2. The van der Waals surface area contributed by atoms with Gasteiger partial charge in [0.2, 0.25) is 5.91 Å². The van der Waals surface area contributed by atoms with Crippen LogP contribution >= 0.6 is 0 Å². The van der Waals surface area contributed by atoms with Gasteiger partial charge in [-0.25, -0.2) is 0 Å². The van der Waals surface area contributed by atoms with E-state index in [4.69, 9.17) is 5.11 Å². The molecule has 9 heteroatoms. The summed E-state index contributed by atoms with van der Waals surface area (Å²) in [6.45, 7) is 3.36. The maximum absolute atomic E-state index is 12.0. The number of aliphatic carboxylic acids is 1. The van der Waals surface area contributed by atoms with Crippen molar-refractivity contribution >= 4 is 17.6 Å². The van der Waals surface area contributed by atoms with Crippen molar-refractivity contribution in [3.8, 4) is 5.75 Å². The molecule has 1 aromatic carbocycles. The summed E-state index contributed by atoms with van der Waals surface area (Å²) in [6, 6.07) is 3.78. The third kappa shape index (κ3) is 6.86. The molecule has 0 bridgehead atoms. The fraction of sp³-hybridized carbons (Fsp3) is 0.467. The molecule has 1 aromatic rings. The lowest BCUT2D eigenvalue weighted by atomic mass is 9.99. The zero-order chi connectivity index (χ0) is 18.3. The van der Waals surface area contributed by atoms with Crippen molar-refractivity contribution in [2.75, 3.05) is 11.9 Å². The topological polar surface area (TPSA) is 87.7 Å². The first-order valence-electron chi connectivity index (χ1n) is 7.24. The van der Waals surface area contributed by atoms with E-state index in [0.717, 1.165) is 12.1 Å². The lowest BCUT2D eigenvalue weighted by Crippen LogP contribution is -2.45. The first-order chi connectivity index (χ1) is 11.1. The van der Waals surface area contributed by atoms with Gasteiger partial charge < -0.3 is 15.2 Å². The second-order valence-electron chi connectivity index (χ2n) is 5.20. The molecule has 0 saturated carbocycles. The van der Waals surface area contributed by atoms with Crippen LogP contribution in [0, 0.1) is 5.92 Å². The van der Waals surface area contributed by atoms with Crippen molar-refractivity contribution in [3.63, 3.8) is 0 Å². The molecule has 0 aliphatic heterocycles. The summed E-state index contributed by atoms with van der Waals surface area (Å²) < 4.78 is 39.8. The van der Waals surface area contributed by atoms with Crippen LogP contribution in [0.4, 0.5) is 18.9 Å². The van der Waals surface area contributed by atoms with Crippen LogP contribution in [0.15, 0.2) is 24.3 Å². The Balaban J connectivity index is 2.54. The second-order valence-corrected chi connectivity index (χ2v) is 5.20. The number of anilines is 1. The fourth-order valence-corrected chi connectivity index (χ4v) is 1.92. The molecule has 0 radical (unpaired) electrons. The van der Waals surface area contributed by atoms with E-state index in [1.54, 1.807) is 6.92 Å². The molecular weight excluding hydrogens is 329 g/mol. The Hall–Kier alpha value is -2.29. The SMILES string of the molecule is CC[C@H](C)[C@H](NCC(=O)Nc1ccc(OC(F)(F)F)cc1)C(=O)O. The molecule has 134 valence electrons. The van der Waals surface area contributed by atoms with Crippen molar-refractivity contribution in [3.05, 3.63) is 24.3 Å². The summed E-state index contributed by atoms with van der Waals surface area (Å²) in [5.74, 6) is -2.12. The maximum Gasteiger partial charge on any atom is 0.573 e. The average Bonchev–Trinajstić information content (AvgIpc) is 2.47.